The molecule has 0 aromatic carbocycles. The zero-order valence-corrected chi connectivity index (χ0v) is 8.85. The van der Waals surface area contributed by atoms with E-state index >= 15 is 0 Å². The minimum absolute atomic E-state index is 0.311. The van der Waals surface area contributed by atoms with Gasteiger partial charge in [0.1, 0.15) is 12.2 Å². The Morgan fingerprint density at radius 3 is 2.65 bits per heavy atom. The molecule has 1 fully saturated rings. The van der Waals surface area contributed by atoms with Gasteiger partial charge in [0.2, 0.25) is 0 Å². The van der Waals surface area contributed by atoms with Crippen molar-refractivity contribution in [3.63, 3.8) is 0 Å². The number of aliphatic hydroxyl groups is 4. The Morgan fingerprint density at radius 2 is 2.12 bits per heavy atom. The molecule has 2 amide bonds. The van der Waals surface area contributed by atoms with Crippen LogP contribution < -0.4 is 5.32 Å². The molecule has 0 bridgehead atoms. The van der Waals surface area contributed by atoms with Gasteiger partial charge in [-0.15, -0.1) is 4.91 Å². The van der Waals surface area contributed by atoms with Gasteiger partial charge in [-0.2, -0.15) is 5.01 Å². The lowest BCUT2D eigenvalue weighted by atomic mass is 10.0. The Hall–Kier alpha value is -1.33. The molecule has 10 nitrogen and oxygen atoms in total. The molecule has 0 spiro atoms. The molecule has 0 radical (unpaired) electrons. The fourth-order valence-corrected chi connectivity index (χ4v) is 1.22. The highest BCUT2D eigenvalue weighted by Crippen LogP contribution is 2.21. The molecule has 1 heterocycles. The first-order valence-electron chi connectivity index (χ1n) is 4.61. The summed E-state index contributed by atoms with van der Waals surface area (Å²) in [5.74, 6) is -2.60. The van der Waals surface area contributed by atoms with Crippen molar-refractivity contribution in [2.75, 3.05) is 13.7 Å². The summed E-state index contributed by atoms with van der Waals surface area (Å²) in [6.07, 6.45) is -5.08. The summed E-state index contributed by atoms with van der Waals surface area (Å²) in [4.78, 5) is 21.2. The van der Waals surface area contributed by atoms with Gasteiger partial charge in [0, 0.05) is 7.05 Å². The summed E-state index contributed by atoms with van der Waals surface area (Å²) in [5, 5.41) is 41.9. The molecule has 1 unspecified atom stereocenters. The first kappa shape index (κ1) is 13.7. The van der Waals surface area contributed by atoms with Crippen LogP contribution in [0.15, 0.2) is 5.29 Å². The second kappa shape index (κ2) is 4.89. The number of aliphatic hydroxyl groups excluding tert-OH is 3. The van der Waals surface area contributed by atoms with Gasteiger partial charge in [-0.25, -0.2) is 4.79 Å². The molecule has 5 N–H and O–H groups in total. The summed E-state index contributed by atoms with van der Waals surface area (Å²) in [5.41, 5.74) is 0. The third-order valence-corrected chi connectivity index (χ3v) is 2.30. The van der Waals surface area contributed by atoms with Crippen LogP contribution in [0.4, 0.5) is 4.79 Å². The van der Waals surface area contributed by atoms with Crippen molar-refractivity contribution in [3.8, 4) is 0 Å². The Bertz CT molecular complexity index is 314. The number of carbonyl (C=O) groups excluding carboxylic acids is 1. The SMILES string of the molecule is CN(N=O)C(=O)NC1(O)OC[C@@H](O)[C@H](O)[C@H]1O. The van der Waals surface area contributed by atoms with Gasteiger partial charge >= 0.3 is 6.03 Å². The van der Waals surface area contributed by atoms with E-state index in [0.29, 0.717) is 5.01 Å². The molecule has 1 rings (SSSR count). The van der Waals surface area contributed by atoms with E-state index in [4.69, 9.17) is 5.11 Å². The van der Waals surface area contributed by atoms with Gasteiger partial charge in [0.05, 0.1) is 11.9 Å². The van der Waals surface area contributed by atoms with E-state index in [9.17, 15) is 25.0 Å². The molecule has 0 aliphatic carbocycles. The van der Waals surface area contributed by atoms with Gasteiger partial charge in [-0.1, -0.05) is 0 Å². The average Bonchev–Trinajstić information content (AvgIpc) is 2.31. The third-order valence-electron chi connectivity index (χ3n) is 2.30. The van der Waals surface area contributed by atoms with Crippen molar-refractivity contribution in [3.05, 3.63) is 4.91 Å². The fraction of sp³-hybridized carbons (Fsp3) is 0.857. The van der Waals surface area contributed by atoms with Crippen LogP contribution in [0.2, 0.25) is 0 Å². The number of urea groups is 1. The predicted octanol–water partition coefficient (Wildman–Crippen LogP) is -2.93. The maximum atomic E-state index is 11.2. The maximum Gasteiger partial charge on any atom is 0.344 e. The summed E-state index contributed by atoms with van der Waals surface area (Å²) in [6, 6.07) is -1.15. The second-order valence-electron chi connectivity index (χ2n) is 3.55. The topological polar surface area (TPSA) is 152 Å². The van der Waals surface area contributed by atoms with Crippen LogP contribution in [0.25, 0.3) is 0 Å². The summed E-state index contributed by atoms with van der Waals surface area (Å²) in [7, 11) is 1.01. The minimum Gasteiger partial charge on any atom is -0.388 e. The van der Waals surface area contributed by atoms with Gasteiger partial charge in [-0.3, -0.25) is 5.32 Å². The van der Waals surface area contributed by atoms with Crippen LogP contribution in [0, 0.1) is 4.91 Å². The van der Waals surface area contributed by atoms with Gasteiger partial charge in [0.25, 0.3) is 5.91 Å². The Balaban J connectivity index is 2.74. The van der Waals surface area contributed by atoms with Crippen molar-refractivity contribution in [1.29, 1.82) is 0 Å². The van der Waals surface area contributed by atoms with E-state index in [1.165, 1.54) is 0 Å². The van der Waals surface area contributed by atoms with Crippen molar-refractivity contribution in [2.24, 2.45) is 5.29 Å². The number of amides is 2. The molecular weight excluding hydrogens is 238 g/mol. The molecular formula is C7H13N3O7. The van der Waals surface area contributed by atoms with Crippen LogP contribution in [-0.2, 0) is 4.74 Å². The molecule has 17 heavy (non-hydrogen) atoms. The van der Waals surface area contributed by atoms with Crippen molar-refractivity contribution in [2.45, 2.75) is 24.2 Å². The zero-order valence-electron chi connectivity index (χ0n) is 8.85. The van der Waals surface area contributed by atoms with E-state index in [2.05, 4.69) is 10.0 Å². The summed E-state index contributed by atoms with van der Waals surface area (Å²) < 4.78 is 4.62. The van der Waals surface area contributed by atoms with Crippen molar-refractivity contribution < 1.29 is 30.0 Å². The second-order valence-corrected chi connectivity index (χ2v) is 3.55. The number of hydrogen-bond acceptors (Lipinski definition) is 8. The van der Waals surface area contributed by atoms with Crippen molar-refractivity contribution >= 4 is 6.03 Å². The number of ether oxygens (including phenoxy) is 1. The Kier molecular flexibility index (Phi) is 3.95. The molecule has 1 aliphatic rings. The molecule has 0 aromatic heterocycles. The molecule has 10 heteroatoms. The van der Waals surface area contributed by atoms with Crippen LogP contribution in [0.1, 0.15) is 0 Å². The Labute approximate surface area is 95.3 Å². The van der Waals surface area contributed by atoms with E-state index in [1.807, 2.05) is 0 Å². The van der Waals surface area contributed by atoms with Crippen molar-refractivity contribution in [1.82, 2.24) is 10.3 Å². The molecule has 1 aliphatic heterocycles. The molecule has 0 aromatic rings. The Morgan fingerprint density at radius 1 is 1.53 bits per heavy atom. The monoisotopic (exact) mass is 251 g/mol. The van der Waals surface area contributed by atoms with E-state index < -0.39 is 36.9 Å². The number of rotatable bonds is 2. The first-order chi connectivity index (χ1) is 7.81. The van der Waals surface area contributed by atoms with Crippen LogP contribution in [0.3, 0.4) is 0 Å². The molecule has 1 saturated heterocycles. The minimum atomic E-state index is -2.60. The van der Waals surface area contributed by atoms with Gasteiger partial charge in [0.15, 0.2) is 6.10 Å². The molecule has 98 valence electrons. The zero-order chi connectivity index (χ0) is 13.2. The lowest BCUT2D eigenvalue weighted by Crippen LogP contribution is -2.69. The van der Waals surface area contributed by atoms with Gasteiger partial charge < -0.3 is 25.2 Å². The van der Waals surface area contributed by atoms with E-state index in [0.717, 1.165) is 7.05 Å². The van der Waals surface area contributed by atoms with E-state index in [-0.39, 0.29) is 0 Å². The van der Waals surface area contributed by atoms with Crippen LogP contribution in [0.5, 0.6) is 0 Å². The summed E-state index contributed by atoms with van der Waals surface area (Å²) >= 11 is 0. The predicted molar refractivity (Wildman–Crippen MR) is 51.0 cm³/mol. The third kappa shape index (κ3) is 2.68. The highest BCUT2D eigenvalue weighted by molar-refractivity contribution is 5.74. The van der Waals surface area contributed by atoms with Gasteiger partial charge in [-0.05, 0) is 0 Å². The lowest BCUT2D eigenvalue weighted by molar-refractivity contribution is -0.329. The van der Waals surface area contributed by atoms with Crippen LogP contribution in [-0.4, -0.2) is 69.3 Å². The number of nitrogens with one attached hydrogen (secondary N) is 1. The average molecular weight is 251 g/mol. The standard InChI is InChI=1S/C7H13N3O7/c1-10(9-16)6(14)8-7(15)5(13)4(12)3(11)2-17-7/h3-5,11-13,15H,2H2,1H3,(H,8,14)/t3-,4+,5-,7?/m1/s1. The normalized spacial score (nSPS) is 37.4. The molecule has 0 saturated carbocycles. The number of nitroso groups, excluding NO2 is 1. The lowest BCUT2D eigenvalue weighted by Gasteiger charge is -2.41. The number of hydrogen-bond donors (Lipinski definition) is 5. The maximum absolute atomic E-state index is 11.2. The number of carbonyl (C=O) groups is 1. The fourth-order valence-electron chi connectivity index (χ4n) is 1.22. The number of nitrogens with zero attached hydrogens (tertiary/aromatic N) is 2. The quantitative estimate of drug-likeness (QED) is 0.200. The highest BCUT2D eigenvalue weighted by Gasteiger charge is 2.50. The summed E-state index contributed by atoms with van der Waals surface area (Å²) in [6.45, 7) is -0.507. The highest BCUT2D eigenvalue weighted by atomic mass is 16.7. The van der Waals surface area contributed by atoms with E-state index in [1.54, 1.807) is 5.32 Å². The smallest absolute Gasteiger partial charge is 0.344 e. The largest absolute Gasteiger partial charge is 0.388 e. The first-order valence-corrected chi connectivity index (χ1v) is 4.61. The van der Waals surface area contributed by atoms with Crippen LogP contribution >= 0.6 is 0 Å². The molecule has 4 atom stereocenters.